The summed E-state index contributed by atoms with van der Waals surface area (Å²) in [5.74, 6) is 0.573. The topological polar surface area (TPSA) is 65.8 Å². The van der Waals surface area contributed by atoms with Crippen LogP contribution in [0.2, 0.25) is 25.7 Å². The lowest BCUT2D eigenvalue weighted by Gasteiger charge is -2.36. The standard InChI is InChI=1S/C24H37BrFN3O4Si/c1-23(2,3)33-22(30)28-11-8-24(26,9-12-28)16-32-19-7-10-27-21-20(19)18(25)15-29(21)17-31-13-14-34(4,5)6/h7,10,15H,8-9,11-14,16-17H2,1-6H3. The number of carbonyl (C=O) groups excluding carboxylic acids is 1. The largest absolute Gasteiger partial charge is 0.489 e. The molecule has 1 fully saturated rings. The van der Waals surface area contributed by atoms with Crippen LogP contribution in [0, 0.1) is 0 Å². The third-order valence-corrected chi connectivity index (χ3v) is 8.00. The SMILES string of the molecule is CC(C)(C)OC(=O)N1CCC(F)(COc2ccnc3c2c(Br)cn3COCC[Si](C)(C)C)CC1. The predicted molar refractivity (Wildman–Crippen MR) is 138 cm³/mol. The Labute approximate surface area is 211 Å². The van der Waals surface area contributed by atoms with E-state index >= 15 is 4.39 Å². The minimum absolute atomic E-state index is 0.0847. The molecule has 10 heteroatoms. The third-order valence-electron chi connectivity index (χ3n) is 5.70. The number of rotatable bonds is 8. The molecule has 0 N–H and O–H groups in total. The fraction of sp³-hybridized carbons (Fsp3) is 0.667. The van der Waals surface area contributed by atoms with Crippen LogP contribution in [0.5, 0.6) is 5.75 Å². The Balaban J connectivity index is 1.60. The van der Waals surface area contributed by atoms with Gasteiger partial charge in [0.05, 0.1) is 5.39 Å². The number of piperidine rings is 1. The van der Waals surface area contributed by atoms with E-state index in [9.17, 15) is 4.79 Å². The maximum Gasteiger partial charge on any atom is 0.410 e. The number of pyridine rings is 1. The minimum Gasteiger partial charge on any atom is -0.489 e. The highest BCUT2D eigenvalue weighted by Crippen LogP contribution is 2.35. The number of amides is 1. The van der Waals surface area contributed by atoms with Crippen LogP contribution in [0.1, 0.15) is 33.6 Å². The molecule has 3 rings (SSSR count). The molecule has 3 heterocycles. The van der Waals surface area contributed by atoms with E-state index in [0.29, 0.717) is 32.2 Å². The van der Waals surface area contributed by atoms with Gasteiger partial charge in [-0.1, -0.05) is 19.6 Å². The summed E-state index contributed by atoms with van der Waals surface area (Å²) in [5.41, 5.74) is -1.35. The predicted octanol–water partition coefficient (Wildman–Crippen LogP) is 6.23. The van der Waals surface area contributed by atoms with Crippen LogP contribution in [0.3, 0.4) is 0 Å². The van der Waals surface area contributed by atoms with Crippen molar-refractivity contribution in [3.63, 3.8) is 0 Å². The van der Waals surface area contributed by atoms with Crippen LogP contribution in [-0.4, -0.2) is 66.2 Å². The summed E-state index contributed by atoms with van der Waals surface area (Å²) in [5, 5.41) is 0.797. The first-order chi connectivity index (χ1) is 15.8. The number of nitrogens with zero attached hydrogens (tertiary/aromatic N) is 3. The van der Waals surface area contributed by atoms with Crippen molar-refractivity contribution in [2.45, 2.75) is 77.3 Å². The highest BCUT2D eigenvalue weighted by atomic mass is 79.9. The van der Waals surface area contributed by atoms with Crippen LogP contribution in [-0.2, 0) is 16.2 Å². The first-order valence-electron chi connectivity index (χ1n) is 11.8. The van der Waals surface area contributed by atoms with Crippen LogP contribution in [0.4, 0.5) is 9.18 Å². The average Bonchev–Trinajstić information content (AvgIpc) is 3.04. The van der Waals surface area contributed by atoms with E-state index in [1.807, 2.05) is 31.5 Å². The molecule has 7 nitrogen and oxygen atoms in total. The van der Waals surface area contributed by atoms with Gasteiger partial charge in [-0.3, -0.25) is 0 Å². The van der Waals surface area contributed by atoms with Gasteiger partial charge < -0.3 is 23.7 Å². The molecule has 1 aliphatic heterocycles. The molecule has 1 amide bonds. The van der Waals surface area contributed by atoms with Crippen molar-refractivity contribution in [1.29, 1.82) is 0 Å². The average molecular weight is 559 g/mol. The molecule has 190 valence electrons. The maximum absolute atomic E-state index is 15.5. The second-order valence-electron chi connectivity index (χ2n) is 11.2. The number of likely N-dealkylation sites (tertiary alicyclic amines) is 1. The monoisotopic (exact) mass is 557 g/mol. The van der Waals surface area contributed by atoms with Gasteiger partial charge in [-0.2, -0.15) is 0 Å². The lowest BCUT2D eigenvalue weighted by Crippen LogP contribution is -2.48. The molecule has 2 aromatic rings. The Bertz CT molecular complexity index is 994. The highest BCUT2D eigenvalue weighted by Gasteiger charge is 2.38. The van der Waals surface area contributed by atoms with Crippen LogP contribution >= 0.6 is 15.9 Å². The molecule has 0 radical (unpaired) electrons. The number of hydrogen-bond donors (Lipinski definition) is 0. The molecule has 0 spiro atoms. The van der Waals surface area contributed by atoms with E-state index in [0.717, 1.165) is 21.6 Å². The zero-order chi connectivity index (χ0) is 25.1. The number of fused-ring (bicyclic) bond motifs is 1. The molecule has 1 aliphatic rings. The Hall–Kier alpha value is -1.65. The first kappa shape index (κ1) is 26.9. The quantitative estimate of drug-likeness (QED) is 0.284. The molecule has 34 heavy (non-hydrogen) atoms. The number of aromatic nitrogens is 2. The molecule has 0 atom stereocenters. The van der Waals surface area contributed by atoms with Crippen LogP contribution < -0.4 is 4.74 Å². The summed E-state index contributed by atoms with van der Waals surface area (Å²) < 4.78 is 35.5. The number of carbonyl (C=O) groups is 1. The third kappa shape index (κ3) is 7.42. The zero-order valence-electron chi connectivity index (χ0n) is 21.1. The summed E-state index contributed by atoms with van der Waals surface area (Å²) in [7, 11) is -1.15. The van der Waals surface area contributed by atoms with Gasteiger partial charge in [-0.25, -0.2) is 14.2 Å². The van der Waals surface area contributed by atoms with Crippen molar-refractivity contribution < 1.29 is 23.4 Å². The van der Waals surface area contributed by atoms with Gasteiger partial charge in [-0.05, 0) is 48.8 Å². The van der Waals surface area contributed by atoms with Gasteiger partial charge >= 0.3 is 6.09 Å². The molecule has 0 bridgehead atoms. The number of hydrogen-bond acceptors (Lipinski definition) is 5. The number of halogens is 2. The number of alkyl halides is 1. The molecular formula is C24H37BrFN3O4Si. The summed E-state index contributed by atoms with van der Waals surface area (Å²) in [6.45, 7) is 14.1. The van der Waals surface area contributed by atoms with E-state index in [2.05, 4.69) is 40.6 Å². The van der Waals surface area contributed by atoms with Gasteiger partial charge in [-0.15, -0.1) is 0 Å². The lowest BCUT2D eigenvalue weighted by molar-refractivity contribution is -0.00897. The smallest absolute Gasteiger partial charge is 0.410 e. The molecule has 0 aromatic carbocycles. The zero-order valence-corrected chi connectivity index (χ0v) is 23.7. The summed E-state index contributed by atoms with van der Waals surface area (Å²) in [6.07, 6.45) is 3.59. The Kier molecular flexibility index (Phi) is 8.35. The van der Waals surface area contributed by atoms with E-state index in [1.165, 1.54) is 0 Å². The van der Waals surface area contributed by atoms with Crippen molar-refractivity contribution >= 4 is 41.1 Å². The van der Waals surface area contributed by atoms with Gasteiger partial charge in [0.2, 0.25) is 0 Å². The van der Waals surface area contributed by atoms with Gasteiger partial charge in [0.15, 0.2) is 0 Å². The lowest BCUT2D eigenvalue weighted by atomic mass is 9.94. The van der Waals surface area contributed by atoms with Crippen LogP contribution in [0.25, 0.3) is 11.0 Å². The second-order valence-corrected chi connectivity index (χ2v) is 17.7. The first-order valence-corrected chi connectivity index (χ1v) is 16.3. The maximum atomic E-state index is 15.5. The Morgan fingerprint density at radius 3 is 2.56 bits per heavy atom. The molecule has 2 aromatic heterocycles. The molecule has 1 saturated heterocycles. The fourth-order valence-corrected chi connectivity index (χ4v) is 5.04. The Morgan fingerprint density at radius 2 is 1.94 bits per heavy atom. The summed E-state index contributed by atoms with van der Waals surface area (Å²) in [4.78, 5) is 18.3. The van der Waals surface area contributed by atoms with Gasteiger partial charge in [0.1, 0.15) is 36.0 Å². The highest BCUT2D eigenvalue weighted by molar-refractivity contribution is 9.10. The summed E-state index contributed by atoms with van der Waals surface area (Å²) >= 11 is 3.60. The molecule has 0 saturated carbocycles. The van der Waals surface area contributed by atoms with Crippen molar-refractivity contribution in [3.05, 3.63) is 22.9 Å². The normalized spacial score (nSPS) is 16.6. The van der Waals surface area contributed by atoms with Gasteiger partial charge in [0.25, 0.3) is 0 Å². The van der Waals surface area contributed by atoms with Crippen LogP contribution in [0.15, 0.2) is 22.9 Å². The van der Waals surface area contributed by atoms with E-state index in [-0.39, 0.29) is 19.4 Å². The molecular weight excluding hydrogens is 521 g/mol. The van der Waals surface area contributed by atoms with Crippen molar-refractivity contribution in [3.8, 4) is 5.75 Å². The van der Waals surface area contributed by atoms with Gasteiger partial charge in [0, 0.05) is 57.5 Å². The fourth-order valence-electron chi connectivity index (χ4n) is 3.67. The molecule has 0 aliphatic carbocycles. The Morgan fingerprint density at radius 1 is 1.26 bits per heavy atom. The minimum atomic E-state index is -1.51. The van der Waals surface area contributed by atoms with E-state index in [4.69, 9.17) is 14.2 Å². The van der Waals surface area contributed by atoms with E-state index < -0.39 is 25.4 Å². The number of ether oxygens (including phenoxy) is 3. The second kappa shape index (κ2) is 10.5. The summed E-state index contributed by atoms with van der Waals surface area (Å²) in [6, 6.07) is 2.85. The van der Waals surface area contributed by atoms with E-state index in [1.54, 1.807) is 17.2 Å². The van der Waals surface area contributed by atoms with Crippen molar-refractivity contribution in [2.75, 3.05) is 26.3 Å². The van der Waals surface area contributed by atoms with Crippen molar-refractivity contribution in [2.24, 2.45) is 0 Å². The van der Waals surface area contributed by atoms with Crippen molar-refractivity contribution in [1.82, 2.24) is 14.5 Å². The molecule has 0 unspecified atom stereocenters.